The molecule has 1 aliphatic carbocycles. The Morgan fingerprint density at radius 1 is 0.981 bits per heavy atom. The number of carbonyl (C=O) groups excluding carboxylic acids is 1. The van der Waals surface area contributed by atoms with E-state index in [0.717, 1.165) is 31.3 Å². The van der Waals surface area contributed by atoms with E-state index in [0.29, 0.717) is 6.26 Å². The van der Waals surface area contributed by atoms with E-state index >= 15 is 0 Å². The molecular formula is C36H60N4O12. The van der Waals surface area contributed by atoms with E-state index in [4.69, 9.17) is 30.4 Å². The Labute approximate surface area is 305 Å². The summed E-state index contributed by atoms with van der Waals surface area (Å²) in [5.74, 6) is -1.16. The lowest BCUT2D eigenvalue weighted by molar-refractivity contribution is -0.299. The molecule has 0 spiro atoms. The third-order valence-corrected chi connectivity index (χ3v) is 9.41. The molecule has 2 heterocycles. The quantitative estimate of drug-likeness (QED) is 0.0528. The van der Waals surface area contributed by atoms with E-state index in [1.165, 1.54) is 11.1 Å². The van der Waals surface area contributed by atoms with E-state index in [9.17, 15) is 40.5 Å². The van der Waals surface area contributed by atoms with Crippen molar-refractivity contribution in [3.05, 3.63) is 47.0 Å². The van der Waals surface area contributed by atoms with Gasteiger partial charge in [0.1, 0.15) is 55.1 Å². The molecule has 0 bridgehead atoms. The minimum Gasteiger partial charge on any atom is -0.512 e. The number of aliphatic hydroxyl groups excluding tert-OH is 7. The molecule has 0 aromatic carbocycles. The van der Waals surface area contributed by atoms with E-state index in [1.807, 2.05) is 13.0 Å². The number of hydrogen-bond acceptors (Lipinski definition) is 15. The van der Waals surface area contributed by atoms with Crippen LogP contribution in [0.4, 0.5) is 0 Å². The third-order valence-electron chi connectivity index (χ3n) is 9.41. The number of nitrogens with zero attached hydrogens (tertiary/aromatic N) is 1. The van der Waals surface area contributed by atoms with Crippen molar-refractivity contribution < 1.29 is 59.5 Å². The number of nitrogens with two attached hydrogens (primary N) is 2. The number of carbonyl (C=O) groups is 1. The molecular weight excluding hydrogens is 680 g/mol. The normalized spacial score (nSPS) is 35.8. The fourth-order valence-electron chi connectivity index (χ4n) is 6.23. The van der Waals surface area contributed by atoms with Crippen molar-refractivity contribution >= 4 is 12.1 Å². The maximum absolute atomic E-state index is 13.0. The Kier molecular flexibility index (Phi) is 17.8. The number of amides is 1. The molecule has 3 rings (SSSR count). The van der Waals surface area contributed by atoms with Gasteiger partial charge in [0, 0.05) is 38.2 Å². The van der Waals surface area contributed by atoms with Crippen LogP contribution in [0.15, 0.2) is 52.0 Å². The first-order valence-corrected chi connectivity index (χ1v) is 17.9. The van der Waals surface area contributed by atoms with Crippen molar-refractivity contribution in [2.24, 2.45) is 16.5 Å². The average Bonchev–Trinajstić information content (AvgIpc) is 3.37. The number of ether oxygens (including phenoxy) is 4. The van der Waals surface area contributed by atoms with Gasteiger partial charge in [-0.25, -0.2) is 0 Å². The van der Waals surface area contributed by atoms with Gasteiger partial charge in [-0.05, 0) is 65.9 Å². The molecule has 2 saturated heterocycles. The van der Waals surface area contributed by atoms with Crippen molar-refractivity contribution in [3.8, 4) is 0 Å². The summed E-state index contributed by atoms with van der Waals surface area (Å²) in [4.78, 5) is 17.3. The minimum absolute atomic E-state index is 0.00907. The van der Waals surface area contributed by atoms with Gasteiger partial charge in [0.05, 0.1) is 12.1 Å². The van der Waals surface area contributed by atoms with Gasteiger partial charge in [-0.15, -0.1) is 0 Å². The van der Waals surface area contributed by atoms with Crippen molar-refractivity contribution in [1.82, 2.24) is 5.32 Å². The Balaban J connectivity index is 1.59. The first kappa shape index (κ1) is 43.7. The maximum Gasteiger partial charge on any atom is 0.249 e. The maximum atomic E-state index is 13.0. The lowest BCUT2D eigenvalue weighted by atomic mass is 9.83. The van der Waals surface area contributed by atoms with Crippen LogP contribution in [0.3, 0.4) is 0 Å². The van der Waals surface area contributed by atoms with Crippen molar-refractivity contribution in [3.63, 3.8) is 0 Å². The number of rotatable bonds is 17. The van der Waals surface area contributed by atoms with Gasteiger partial charge in [0.2, 0.25) is 12.2 Å². The summed E-state index contributed by atoms with van der Waals surface area (Å²) in [5.41, 5.74) is 16.0. The second-order valence-electron chi connectivity index (χ2n) is 14.1. The van der Waals surface area contributed by atoms with Gasteiger partial charge in [0.15, 0.2) is 12.0 Å². The smallest absolute Gasteiger partial charge is 0.249 e. The van der Waals surface area contributed by atoms with Crippen LogP contribution >= 0.6 is 0 Å². The fourth-order valence-corrected chi connectivity index (χ4v) is 6.23. The van der Waals surface area contributed by atoms with Crippen LogP contribution in [0.5, 0.6) is 0 Å². The van der Waals surface area contributed by atoms with Gasteiger partial charge in [-0.2, -0.15) is 0 Å². The van der Waals surface area contributed by atoms with Crippen LogP contribution in [0.25, 0.3) is 0 Å². The lowest BCUT2D eigenvalue weighted by Crippen LogP contribution is -2.66. The summed E-state index contributed by atoms with van der Waals surface area (Å²) >= 11 is 0. The molecule has 1 amide bonds. The highest BCUT2D eigenvalue weighted by Gasteiger charge is 2.51. The topological polar surface area (TPSA) is 272 Å². The molecule has 16 heteroatoms. The molecule has 13 unspecified atom stereocenters. The molecule has 3 fully saturated rings. The highest BCUT2D eigenvalue weighted by molar-refractivity contribution is 5.81. The molecule has 2 aliphatic heterocycles. The van der Waals surface area contributed by atoms with Crippen molar-refractivity contribution in [2.75, 3.05) is 13.1 Å². The van der Waals surface area contributed by atoms with Gasteiger partial charge in [0.25, 0.3) is 0 Å². The second kappa shape index (κ2) is 21.2. The zero-order chi connectivity index (χ0) is 38.5. The van der Waals surface area contributed by atoms with Crippen LogP contribution in [0.2, 0.25) is 0 Å². The summed E-state index contributed by atoms with van der Waals surface area (Å²) in [6, 6.07) is -2.01. The molecule has 3 aliphatic rings. The fraction of sp³-hybridized carbons (Fsp3) is 0.722. The number of aliphatic hydroxyl groups is 7. The molecule has 1 saturated carbocycles. The summed E-state index contributed by atoms with van der Waals surface area (Å²) in [6.07, 6.45) is -2.90. The molecule has 0 radical (unpaired) electrons. The number of hydrogen-bond donors (Lipinski definition) is 10. The van der Waals surface area contributed by atoms with Gasteiger partial charge in [-0.3, -0.25) is 9.79 Å². The largest absolute Gasteiger partial charge is 0.512 e. The van der Waals surface area contributed by atoms with Crippen LogP contribution in [-0.4, -0.2) is 141 Å². The molecule has 0 aromatic rings. The zero-order valence-electron chi connectivity index (χ0n) is 30.5. The first-order chi connectivity index (χ1) is 24.7. The SMILES string of the molecule is CC(C)=CCC/C(C)=C/CC/C(C)=C/C=NCCC(O)C(=O)NC1CC(N)C(OC2CC(O)C(O)C(CN)O2)C(OC2OC(=CO)C(O)C2O)C1O. The summed E-state index contributed by atoms with van der Waals surface area (Å²) in [7, 11) is 0. The Bertz CT molecular complexity index is 1290. The van der Waals surface area contributed by atoms with Gasteiger partial charge in [-0.1, -0.05) is 28.9 Å². The van der Waals surface area contributed by atoms with Gasteiger partial charge < -0.3 is 71.5 Å². The summed E-state index contributed by atoms with van der Waals surface area (Å²) < 4.78 is 22.9. The standard InChI is InChI=1S/C36H60N4O12/c1-19(2)7-5-8-20(3)9-6-10-21(4)11-13-39-14-12-24(42)35(48)40-23-15-22(38)33(51-28-16-25(43)30(45)26(17-37)49-28)34(29(23)44)52-36-32(47)31(46)27(18-41)50-36/h7,9,11,13,18,22-26,28-34,36,41-47H,5-6,8,10,12,14-17,37-38H2,1-4H3,(H,40,48)/b20-9+,21-11+,27-18?,39-13?. The van der Waals surface area contributed by atoms with Gasteiger partial charge >= 0.3 is 0 Å². The van der Waals surface area contributed by atoms with E-state index in [-0.39, 0.29) is 38.1 Å². The summed E-state index contributed by atoms with van der Waals surface area (Å²) in [6.45, 7) is 8.40. The molecule has 13 atom stereocenters. The van der Waals surface area contributed by atoms with Crippen LogP contribution in [-0.2, 0) is 23.7 Å². The van der Waals surface area contributed by atoms with Crippen LogP contribution in [0, 0.1) is 0 Å². The number of nitrogens with one attached hydrogen (secondary N) is 1. The number of aliphatic imine (C=N–C) groups is 1. The monoisotopic (exact) mass is 740 g/mol. The van der Waals surface area contributed by atoms with E-state index in [2.05, 4.69) is 43.2 Å². The molecule has 296 valence electrons. The molecule has 52 heavy (non-hydrogen) atoms. The second-order valence-corrected chi connectivity index (χ2v) is 14.1. The van der Waals surface area contributed by atoms with E-state index in [1.54, 1.807) is 6.21 Å². The third kappa shape index (κ3) is 12.7. The summed E-state index contributed by atoms with van der Waals surface area (Å²) in [5, 5.41) is 75.2. The van der Waals surface area contributed by atoms with E-state index < -0.39 is 85.5 Å². The number of allylic oxidation sites excluding steroid dienone is 6. The molecule has 12 N–H and O–H groups in total. The van der Waals surface area contributed by atoms with Crippen LogP contribution < -0.4 is 16.8 Å². The predicted octanol–water partition coefficient (Wildman–Crippen LogP) is -0.152. The predicted molar refractivity (Wildman–Crippen MR) is 192 cm³/mol. The highest BCUT2D eigenvalue weighted by Crippen LogP contribution is 2.33. The first-order valence-electron chi connectivity index (χ1n) is 17.9. The highest BCUT2D eigenvalue weighted by atomic mass is 16.7. The Hall–Kier alpha value is -2.74. The Morgan fingerprint density at radius 2 is 1.67 bits per heavy atom. The molecule has 0 aromatic heterocycles. The lowest BCUT2D eigenvalue weighted by Gasteiger charge is -2.46. The average molecular weight is 741 g/mol. The minimum atomic E-state index is -1.67. The zero-order valence-corrected chi connectivity index (χ0v) is 30.5. The van der Waals surface area contributed by atoms with Crippen molar-refractivity contribution in [2.45, 2.75) is 152 Å². The Morgan fingerprint density at radius 3 is 2.33 bits per heavy atom. The van der Waals surface area contributed by atoms with Crippen molar-refractivity contribution in [1.29, 1.82) is 0 Å². The molecule has 16 nitrogen and oxygen atoms in total. The van der Waals surface area contributed by atoms with Crippen LogP contribution in [0.1, 0.15) is 72.6 Å².